The van der Waals surface area contributed by atoms with E-state index in [1.54, 1.807) is 0 Å². The Morgan fingerprint density at radius 2 is 0.500 bits per heavy atom. The van der Waals surface area contributed by atoms with Crippen LogP contribution in [-0.2, 0) is 27.4 Å². The zero-order chi connectivity index (χ0) is 0. The molecule has 0 aromatic rings. The van der Waals surface area contributed by atoms with Crippen molar-refractivity contribution in [3.8, 4) is 0 Å². The number of hydrogen-bond acceptors (Lipinski definition) is 0. The average Bonchev–Trinajstić information content (AvgIpc) is 0. The van der Waals surface area contributed by atoms with Crippen molar-refractivity contribution in [3.05, 3.63) is 0 Å². The molecule has 0 heterocycles. The summed E-state index contributed by atoms with van der Waals surface area (Å²) in [4.78, 5) is 0. The van der Waals surface area contributed by atoms with Gasteiger partial charge >= 0.3 is 154 Å². The van der Waals surface area contributed by atoms with Crippen LogP contribution >= 0.6 is 0 Å². The maximum atomic E-state index is 0. The monoisotopic (exact) mass is 207 g/mol. The van der Waals surface area contributed by atoms with Gasteiger partial charge < -0.3 is 11.0 Å². The fourth-order valence-electron chi connectivity index (χ4n) is 0. The second-order valence-electron chi connectivity index (χ2n) is 0. The van der Waals surface area contributed by atoms with E-state index >= 15 is 0 Å². The van der Waals surface area contributed by atoms with Crippen LogP contribution in [0, 0.1) is 0 Å². The maximum absolute atomic E-state index is 0. The van der Waals surface area contributed by atoms with Crippen LogP contribution in [-0.4, -0.2) is 0 Å². The Hall–Kier alpha value is 5.32. The third-order valence-corrected chi connectivity index (χ3v) is 0. The molecule has 0 aliphatic carbocycles. The van der Waals surface area contributed by atoms with Gasteiger partial charge in [0.1, 0.15) is 0 Å². The van der Waals surface area contributed by atoms with Crippen LogP contribution in [0.3, 0.4) is 0 Å². The molecule has 0 rings (SSSR count). The number of rotatable bonds is 0. The average molecular weight is 208 g/mol. The predicted molar refractivity (Wildman–Crippen MR) is 1.37 cm³/mol. The van der Waals surface area contributed by atoms with Crippen LogP contribution in [0.1, 0.15) is 0 Å². The Morgan fingerprint density at radius 3 is 0.500 bits per heavy atom. The molecule has 0 spiro atoms. The van der Waals surface area contributed by atoms with Crippen molar-refractivity contribution < 1.29 is 182 Å². The van der Waals surface area contributed by atoms with Gasteiger partial charge in [-0.05, 0) is 0 Å². The van der Waals surface area contributed by atoms with E-state index in [1.807, 2.05) is 0 Å². The Balaban J connectivity index is 0. The molecule has 0 radical (unpaired) electrons. The molecule has 0 atom stereocenters. The normalized spacial score (nSPS) is 0. The summed E-state index contributed by atoms with van der Waals surface area (Å²) in [6.07, 6.45) is 0. The summed E-state index contributed by atoms with van der Waals surface area (Å²) in [7, 11) is 0. The molecule has 0 aliphatic rings. The summed E-state index contributed by atoms with van der Waals surface area (Å²) < 4.78 is 0. The van der Waals surface area contributed by atoms with Gasteiger partial charge in [0.2, 0.25) is 0 Å². The predicted octanol–water partition coefficient (Wildman–Crippen LogP) is -9.23. The first-order valence-electron chi connectivity index (χ1n) is 0. The fraction of sp³-hybridized carbons (Fsp3) is 0. The molecule has 6 heavy (non-hydrogen) atoms. The second kappa shape index (κ2) is 31.7. The van der Waals surface area contributed by atoms with E-state index in [0.29, 0.717) is 0 Å². The van der Waals surface area contributed by atoms with E-state index < -0.39 is 0 Å². The van der Waals surface area contributed by atoms with Gasteiger partial charge in [-0.15, -0.1) is 0 Å². The van der Waals surface area contributed by atoms with Gasteiger partial charge in [-0.1, -0.05) is 0 Å². The molecular weight excluding hydrogens is 208 g/mol. The molecule has 0 fully saturated rings. The van der Waals surface area contributed by atoms with Crippen molar-refractivity contribution in [2.45, 2.75) is 0 Å². The van der Waals surface area contributed by atoms with Crippen molar-refractivity contribution in [3.63, 3.8) is 0 Å². The SMILES string of the molecule is [K+].[K+].[K+].[Ni].[O-2].[O-2]. The Labute approximate surface area is 175 Å². The smallest absolute Gasteiger partial charge is 1.00 e. The maximum Gasteiger partial charge on any atom is 1.00 e. The molecule has 0 unspecified atom stereocenters. The Morgan fingerprint density at radius 1 is 0.500 bits per heavy atom. The Bertz CT molecular complexity index is 8.75. The molecule has 0 aromatic heterocycles. The molecule has 0 aromatic carbocycles. The van der Waals surface area contributed by atoms with Crippen molar-refractivity contribution in [1.29, 1.82) is 0 Å². The van der Waals surface area contributed by atoms with Gasteiger partial charge in [0.15, 0.2) is 0 Å². The zero-order valence-corrected chi connectivity index (χ0v) is 14.5. The van der Waals surface area contributed by atoms with Crippen molar-refractivity contribution >= 4 is 0 Å². The fourth-order valence-corrected chi connectivity index (χ4v) is 0. The van der Waals surface area contributed by atoms with E-state index in [-0.39, 0.29) is 182 Å². The summed E-state index contributed by atoms with van der Waals surface area (Å²) in [6, 6.07) is 0. The molecule has 0 aliphatic heterocycles. The van der Waals surface area contributed by atoms with Crippen LogP contribution < -0.4 is 154 Å². The molecule has 0 saturated heterocycles. The van der Waals surface area contributed by atoms with E-state index in [4.69, 9.17) is 0 Å². The summed E-state index contributed by atoms with van der Waals surface area (Å²) in [5, 5.41) is 0. The van der Waals surface area contributed by atoms with Crippen LogP contribution in [0.2, 0.25) is 0 Å². The minimum absolute atomic E-state index is 0. The molecule has 0 bridgehead atoms. The minimum Gasteiger partial charge on any atom is -2.00 e. The van der Waals surface area contributed by atoms with Crippen molar-refractivity contribution in [2.24, 2.45) is 0 Å². The van der Waals surface area contributed by atoms with Crippen LogP contribution in [0.5, 0.6) is 0 Å². The minimum atomic E-state index is 0. The van der Waals surface area contributed by atoms with Crippen molar-refractivity contribution in [1.82, 2.24) is 0 Å². The summed E-state index contributed by atoms with van der Waals surface area (Å²) in [6.45, 7) is 0. The van der Waals surface area contributed by atoms with Gasteiger partial charge in [0.25, 0.3) is 0 Å². The Kier molecular flexibility index (Phi) is 225. The van der Waals surface area contributed by atoms with E-state index in [9.17, 15) is 0 Å². The third-order valence-electron chi connectivity index (χ3n) is 0. The molecule has 0 N–H and O–H groups in total. The van der Waals surface area contributed by atoms with Crippen LogP contribution in [0.25, 0.3) is 0 Å². The van der Waals surface area contributed by atoms with Crippen molar-refractivity contribution in [2.75, 3.05) is 0 Å². The first-order chi connectivity index (χ1) is 0. The second-order valence-corrected chi connectivity index (χ2v) is 0. The van der Waals surface area contributed by atoms with Gasteiger partial charge in [0.05, 0.1) is 0 Å². The topological polar surface area (TPSA) is 57.0 Å². The molecule has 0 amide bonds. The van der Waals surface area contributed by atoms with E-state index in [0.717, 1.165) is 0 Å². The molecule has 2 nitrogen and oxygen atoms in total. The largest absolute Gasteiger partial charge is 2.00 e. The van der Waals surface area contributed by atoms with Gasteiger partial charge in [-0.2, -0.15) is 0 Å². The first-order valence-corrected chi connectivity index (χ1v) is 0. The van der Waals surface area contributed by atoms with Gasteiger partial charge in [0, 0.05) is 16.5 Å². The third kappa shape index (κ3) is 22.8. The quantitative estimate of drug-likeness (QED) is 0.355. The molecule has 26 valence electrons. The van der Waals surface area contributed by atoms with E-state index in [2.05, 4.69) is 0 Å². The molecular formula is K3NiO2-. The van der Waals surface area contributed by atoms with Crippen LogP contribution in [0.15, 0.2) is 0 Å². The van der Waals surface area contributed by atoms with E-state index in [1.165, 1.54) is 0 Å². The number of hydrogen-bond donors (Lipinski definition) is 0. The van der Waals surface area contributed by atoms with Crippen LogP contribution in [0.4, 0.5) is 0 Å². The zero-order valence-electron chi connectivity index (χ0n) is 4.13. The summed E-state index contributed by atoms with van der Waals surface area (Å²) >= 11 is 0. The summed E-state index contributed by atoms with van der Waals surface area (Å²) in [5.41, 5.74) is 0. The summed E-state index contributed by atoms with van der Waals surface area (Å²) in [5.74, 6) is 0. The molecule has 6 heteroatoms. The molecule has 0 saturated carbocycles. The van der Waals surface area contributed by atoms with Gasteiger partial charge in [-0.25, -0.2) is 0 Å². The van der Waals surface area contributed by atoms with Gasteiger partial charge in [-0.3, -0.25) is 0 Å². The first kappa shape index (κ1) is 42.6. The standard InChI is InChI=1S/3K.Ni.2O/q3*+1;;2*-2.